The van der Waals surface area contributed by atoms with Crippen LogP contribution in [0.1, 0.15) is 44.9 Å². The number of thiazole rings is 1. The van der Waals surface area contributed by atoms with Gasteiger partial charge in [0.1, 0.15) is 16.5 Å². The summed E-state index contributed by atoms with van der Waals surface area (Å²) in [6.07, 6.45) is 2.65. The van der Waals surface area contributed by atoms with E-state index in [2.05, 4.69) is 9.88 Å². The van der Waals surface area contributed by atoms with Gasteiger partial charge in [0, 0.05) is 67.8 Å². The number of hydrogen-bond donors (Lipinski definition) is 0. The molecule has 0 aliphatic carbocycles. The molecule has 4 aromatic rings. The lowest BCUT2D eigenvalue weighted by molar-refractivity contribution is -0.384. The van der Waals surface area contributed by atoms with Crippen LogP contribution in [0.2, 0.25) is 0 Å². The Morgan fingerprint density at radius 2 is 1.79 bits per heavy atom. The summed E-state index contributed by atoms with van der Waals surface area (Å²) >= 11 is 1.41. The molecule has 2 amide bonds. The van der Waals surface area contributed by atoms with Crippen molar-refractivity contribution in [3.8, 4) is 0 Å². The fourth-order valence-electron chi connectivity index (χ4n) is 5.01. The summed E-state index contributed by atoms with van der Waals surface area (Å²) < 4.78 is 16.3. The number of rotatable bonds is 10. The number of carbonyl (C=O) groups excluding carboxylic acids is 2. The number of carbonyl (C=O) groups is 2. The van der Waals surface area contributed by atoms with Crippen molar-refractivity contribution in [1.82, 2.24) is 19.4 Å². The predicted molar refractivity (Wildman–Crippen MR) is 158 cm³/mol. The third-order valence-corrected chi connectivity index (χ3v) is 8.06. The molecular formula is C30H31FN6O4S. The van der Waals surface area contributed by atoms with Crippen LogP contribution in [-0.2, 0) is 13.1 Å². The molecule has 0 bridgehead atoms. The second kappa shape index (κ2) is 12.9. The Morgan fingerprint density at radius 3 is 2.48 bits per heavy atom. The molecule has 1 fully saturated rings. The van der Waals surface area contributed by atoms with Crippen molar-refractivity contribution in [1.29, 1.82) is 0 Å². The van der Waals surface area contributed by atoms with Gasteiger partial charge in [-0.25, -0.2) is 9.37 Å². The molecule has 0 atom stereocenters. The smallest absolute Gasteiger partial charge is 0.273 e. The first-order valence-electron chi connectivity index (χ1n) is 13.7. The molecule has 2 aromatic heterocycles. The van der Waals surface area contributed by atoms with Crippen molar-refractivity contribution in [3.05, 3.63) is 110 Å². The van der Waals surface area contributed by atoms with E-state index in [1.807, 2.05) is 29.8 Å². The Labute approximate surface area is 246 Å². The summed E-state index contributed by atoms with van der Waals surface area (Å²) in [5, 5.41) is 13.5. The van der Waals surface area contributed by atoms with Gasteiger partial charge < -0.3 is 19.3 Å². The fraction of sp³-hybridized carbons (Fsp3) is 0.300. The lowest BCUT2D eigenvalue weighted by Crippen LogP contribution is -2.48. The lowest BCUT2D eigenvalue weighted by Gasteiger charge is -2.35. The van der Waals surface area contributed by atoms with E-state index in [-0.39, 0.29) is 23.1 Å². The van der Waals surface area contributed by atoms with Gasteiger partial charge in [0.05, 0.1) is 23.6 Å². The van der Waals surface area contributed by atoms with Gasteiger partial charge in [-0.3, -0.25) is 19.7 Å². The number of piperazine rings is 1. The normalized spacial score (nSPS) is 13.3. The van der Waals surface area contributed by atoms with Gasteiger partial charge in [-0.15, -0.1) is 11.3 Å². The SMILES string of the molecule is CCCN(Cc1cccn1Cc1nc(C(=O)N2CCN(c3ccc([N+](=O)[O-])cc3)CC2)cs1)C(=O)c1ccccc1F. The highest BCUT2D eigenvalue weighted by Crippen LogP contribution is 2.22. The number of hydrogen-bond acceptors (Lipinski definition) is 7. The van der Waals surface area contributed by atoms with Gasteiger partial charge in [0.15, 0.2) is 0 Å². The highest BCUT2D eigenvalue weighted by Gasteiger charge is 2.25. The molecule has 42 heavy (non-hydrogen) atoms. The third kappa shape index (κ3) is 6.49. The first kappa shape index (κ1) is 28.9. The van der Waals surface area contributed by atoms with Gasteiger partial charge in [0.2, 0.25) is 0 Å². The molecule has 2 aromatic carbocycles. The Hall–Kier alpha value is -4.58. The number of nitro benzene ring substituents is 1. The zero-order valence-electron chi connectivity index (χ0n) is 23.2. The van der Waals surface area contributed by atoms with Crippen LogP contribution in [0, 0.1) is 15.9 Å². The molecule has 1 aliphatic rings. The van der Waals surface area contributed by atoms with Gasteiger partial charge in [-0.05, 0) is 42.8 Å². The van der Waals surface area contributed by atoms with Crippen molar-refractivity contribution < 1.29 is 18.9 Å². The minimum absolute atomic E-state index is 0.0493. The number of halogens is 1. The minimum Gasteiger partial charge on any atom is -0.368 e. The van der Waals surface area contributed by atoms with Crippen molar-refractivity contribution >= 4 is 34.5 Å². The van der Waals surface area contributed by atoms with E-state index < -0.39 is 10.7 Å². The minimum atomic E-state index is -0.535. The number of anilines is 1. The van der Waals surface area contributed by atoms with Crippen LogP contribution < -0.4 is 4.90 Å². The third-order valence-electron chi connectivity index (χ3n) is 7.23. The maximum absolute atomic E-state index is 14.3. The zero-order valence-corrected chi connectivity index (χ0v) is 24.0. The van der Waals surface area contributed by atoms with Crippen molar-refractivity contribution in [2.75, 3.05) is 37.6 Å². The van der Waals surface area contributed by atoms with Crippen LogP contribution >= 0.6 is 11.3 Å². The summed E-state index contributed by atoms with van der Waals surface area (Å²) in [6.45, 7) is 5.52. The molecule has 0 N–H and O–H groups in total. The predicted octanol–water partition coefficient (Wildman–Crippen LogP) is 5.06. The Kier molecular flexibility index (Phi) is 8.91. The van der Waals surface area contributed by atoms with Crippen LogP contribution in [0.4, 0.5) is 15.8 Å². The molecule has 0 spiro atoms. The standard InChI is InChI=1S/C30H31FN6O4S/c1-2-13-36(29(38)25-7-3-4-8-26(25)31)19-24-6-5-14-35(24)20-28-32-27(21-42-28)30(39)34-17-15-33(16-18-34)22-9-11-23(12-10-22)37(40)41/h3-12,14,21H,2,13,15-20H2,1H3. The number of non-ortho nitro benzene ring substituents is 1. The summed E-state index contributed by atoms with van der Waals surface area (Å²) in [6, 6.07) is 16.3. The van der Waals surface area contributed by atoms with E-state index in [1.165, 1.54) is 35.6 Å². The number of nitrogens with zero attached hydrogens (tertiary/aromatic N) is 6. The number of amides is 2. The first-order valence-corrected chi connectivity index (χ1v) is 14.6. The van der Waals surface area contributed by atoms with E-state index in [0.717, 1.165) is 22.8 Å². The lowest BCUT2D eigenvalue weighted by atomic mass is 10.1. The molecule has 218 valence electrons. The maximum atomic E-state index is 14.3. The van der Waals surface area contributed by atoms with Gasteiger partial charge in [-0.2, -0.15) is 0 Å². The second-order valence-corrected chi connectivity index (χ2v) is 11.0. The summed E-state index contributed by atoms with van der Waals surface area (Å²) in [7, 11) is 0. The highest BCUT2D eigenvalue weighted by molar-refractivity contribution is 7.09. The molecule has 1 saturated heterocycles. The maximum Gasteiger partial charge on any atom is 0.273 e. The van der Waals surface area contributed by atoms with E-state index in [4.69, 9.17) is 0 Å². The average molecular weight is 591 g/mol. The van der Waals surface area contributed by atoms with Crippen LogP contribution in [-0.4, -0.2) is 68.8 Å². The van der Waals surface area contributed by atoms with Crippen LogP contribution in [0.25, 0.3) is 0 Å². The van der Waals surface area contributed by atoms with E-state index in [0.29, 0.717) is 51.5 Å². The first-order chi connectivity index (χ1) is 20.3. The molecule has 0 unspecified atom stereocenters. The monoisotopic (exact) mass is 590 g/mol. The topological polar surface area (TPSA) is 105 Å². The Balaban J connectivity index is 1.20. The van der Waals surface area contributed by atoms with Crippen molar-refractivity contribution in [2.24, 2.45) is 0 Å². The van der Waals surface area contributed by atoms with Gasteiger partial charge >= 0.3 is 0 Å². The van der Waals surface area contributed by atoms with E-state index in [9.17, 15) is 24.1 Å². The van der Waals surface area contributed by atoms with Gasteiger partial charge in [0.25, 0.3) is 17.5 Å². The largest absolute Gasteiger partial charge is 0.368 e. The number of aromatic nitrogens is 2. The van der Waals surface area contributed by atoms with Crippen molar-refractivity contribution in [2.45, 2.75) is 26.4 Å². The molecule has 0 radical (unpaired) electrons. The Morgan fingerprint density at radius 1 is 1.05 bits per heavy atom. The Bertz CT molecular complexity index is 1560. The van der Waals surface area contributed by atoms with Crippen LogP contribution in [0.3, 0.4) is 0 Å². The van der Waals surface area contributed by atoms with Gasteiger partial charge in [-0.1, -0.05) is 19.1 Å². The molecule has 12 heteroatoms. The average Bonchev–Trinajstić information content (AvgIpc) is 3.66. The number of benzene rings is 2. The molecule has 0 saturated carbocycles. The van der Waals surface area contributed by atoms with Crippen LogP contribution in [0.5, 0.6) is 0 Å². The second-order valence-electron chi connectivity index (χ2n) is 10.0. The fourth-order valence-corrected chi connectivity index (χ4v) is 5.78. The van der Waals surface area contributed by atoms with E-state index >= 15 is 0 Å². The molecule has 5 rings (SSSR count). The van der Waals surface area contributed by atoms with E-state index in [1.54, 1.807) is 39.4 Å². The summed E-state index contributed by atoms with van der Waals surface area (Å²) in [4.78, 5) is 46.9. The molecule has 1 aliphatic heterocycles. The van der Waals surface area contributed by atoms with Crippen LogP contribution in [0.15, 0.2) is 72.2 Å². The summed E-state index contributed by atoms with van der Waals surface area (Å²) in [5.41, 5.74) is 2.28. The quantitative estimate of drug-likeness (QED) is 0.189. The molecule has 10 nitrogen and oxygen atoms in total. The highest BCUT2D eigenvalue weighted by atomic mass is 32.1. The zero-order chi connectivity index (χ0) is 29.6. The molecule has 3 heterocycles. The van der Waals surface area contributed by atoms with Crippen molar-refractivity contribution in [3.63, 3.8) is 0 Å². The molecular weight excluding hydrogens is 559 g/mol. The summed E-state index contributed by atoms with van der Waals surface area (Å²) in [5.74, 6) is -1.01. The number of nitro groups is 1.